The number of carbonyl (C=O) groups is 2. The maximum atomic E-state index is 11.8. The van der Waals surface area contributed by atoms with Crippen LogP contribution in [0.15, 0.2) is 30.0 Å². The van der Waals surface area contributed by atoms with Crippen molar-refractivity contribution < 1.29 is 19.1 Å². The second-order valence-corrected chi connectivity index (χ2v) is 6.15. The minimum atomic E-state index is -0.650. The highest BCUT2D eigenvalue weighted by atomic mass is 32.1. The third-order valence-electron chi connectivity index (χ3n) is 3.05. The van der Waals surface area contributed by atoms with E-state index in [0.717, 1.165) is 21.3 Å². The zero-order valence-electron chi connectivity index (χ0n) is 13.4. The Kier molecular flexibility index (Phi) is 5.33. The lowest BCUT2D eigenvalue weighted by Gasteiger charge is -2.08. The van der Waals surface area contributed by atoms with E-state index in [4.69, 9.17) is 0 Å². The molecule has 1 aromatic heterocycles. The molecule has 0 fully saturated rings. The average Bonchev–Trinajstić information content (AvgIpc) is 2.96. The predicted molar refractivity (Wildman–Crippen MR) is 89.4 cm³/mol. The standard InChI is InChI=1S/C16H18N2O4S/c1-9(2)15-18-11-6-5-10(7-13(11)23-15)17-12(16(20)22-4)8-14(19)21-3/h5-9,17H,1-4H3/b12-8+. The van der Waals surface area contributed by atoms with Crippen molar-refractivity contribution in [3.8, 4) is 0 Å². The maximum absolute atomic E-state index is 11.8. The van der Waals surface area contributed by atoms with Gasteiger partial charge in [-0.3, -0.25) is 0 Å². The minimum Gasteiger partial charge on any atom is -0.466 e. The van der Waals surface area contributed by atoms with Crippen LogP contribution in [0.2, 0.25) is 0 Å². The van der Waals surface area contributed by atoms with Crippen molar-refractivity contribution in [1.82, 2.24) is 4.98 Å². The lowest BCUT2D eigenvalue weighted by molar-refractivity contribution is -0.138. The summed E-state index contributed by atoms with van der Waals surface area (Å²) in [6.07, 6.45) is 1.06. The lowest BCUT2D eigenvalue weighted by atomic mass is 10.2. The molecular formula is C16H18N2O4S. The fourth-order valence-corrected chi connectivity index (χ4v) is 2.86. The number of rotatable bonds is 5. The molecule has 122 valence electrons. The van der Waals surface area contributed by atoms with Crippen molar-refractivity contribution in [2.75, 3.05) is 19.5 Å². The summed E-state index contributed by atoms with van der Waals surface area (Å²) in [5, 5.41) is 3.94. The summed E-state index contributed by atoms with van der Waals surface area (Å²) in [5.41, 5.74) is 1.57. The summed E-state index contributed by atoms with van der Waals surface area (Å²) >= 11 is 1.60. The molecule has 0 atom stereocenters. The summed E-state index contributed by atoms with van der Waals surface area (Å²) in [6.45, 7) is 4.18. The number of anilines is 1. The number of nitrogens with zero attached hydrogens (tertiary/aromatic N) is 1. The molecule has 0 radical (unpaired) electrons. The highest BCUT2D eigenvalue weighted by Crippen LogP contribution is 2.29. The van der Waals surface area contributed by atoms with Crippen molar-refractivity contribution >= 4 is 39.2 Å². The van der Waals surface area contributed by atoms with Crippen LogP contribution in [-0.2, 0) is 19.1 Å². The van der Waals surface area contributed by atoms with E-state index in [1.807, 2.05) is 12.1 Å². The number of carbonyl (C=O) groups excluding carboxylic acids is 2. The fourth-order valence-electron chi connectivity index (χ4n) is 1.86. The highest BCUT2D eigenvalue weighted by Gasteiger charge is 2.14. The third kappa shape index (κ3) is 4.07. The Morgan fingerprint density at radius 1 is 1.26 bits per heavy atom. The zero-order valence-corrected chi connectivity index (χ0v) is 14.2. The molecule has 0 saturated carbocycles. The normalized spacial score (nSPS) is 11.6. The van der Waals surface area contributed by atoms with E-state index < -0.39 is 11.9 Å². The Labute approximate surface area is 138 Å². The Morgan fingerprint density at radius 3 is 2.61 bits per heavy atom. The van der Waals surface area contributed by atoms with Crippen LogP contribution in [0.5, 0.6) is 0 Å². The average molecular weight is 334 g/mol. The SMILES string of the molecule is COC(=O)/C=C(/Nc1ccc2nc(C(C)C)sc2c1)C(=O)OC. The fraction of sp³-hybridized carbons (Fsp3) is 0.312. The molecule has 2 rings (SSSR count). The largest absolute Gasteiger partial charge is 0.466 e. The summed E-state index contributed by atoms with van der Waals surface area (Å²) in [5.74, 6) is -0.935. The number of esters is 2. The number of aromatic nitrogens is 1. The molecule has 0 spiro atoms. The van der Waals surface area contributed by atoms with Crippen LogP contribution < -0.4 is 5.32 Å². The lowest BCUT2D eigenvalue weighted by Crippen LogP contribution is -2.15. The van der Waals surface area contributed by atoms with Gasteiger partial charge in [-0.1, -0.05) is 13.8 Å². The highest BCUT2D eigenvalue weighted by molar-refractivity contribution is 7.18. The number of nitrogens with one attached hydrogen (secondary N) is 1. The van der Waals surface area contributed by atoms with Crippen molar-refractivity contribution in [2.24, 2.45) is 0 Å². The molecule has 23 heavy (non-hydrogen) atoms. The Bertz CT molecular complexity index is 765. The van der Waals surface area contributed by atoms with E-state index in [1.54, 1.807) is 17.4 Å². The van der Waals surface area contributed by atoms with Gasteiger partial charge in [0.25, 0.3) is 0 Å². The smallest absolute Gasteiger partial charge is 0.354 e. The molecule has 0 saturated heterocycles. The number of ether oxygens (including phenoxy) is 2. The number of fused-ring (bicyclic) bond motifs is 1. The van der Waals surface area contributed by atoms with Gasteiger partial charge in [-0.15, -0.1) is 11.3 Å². The Balaban J connectivity index is 2.32. The van der Waals surface area contributed by atoms with Crippen LogP contribution in [0.3, 0.4) is 0 Å². The van der Waals surface area contributed by atoms with Crippen LogP contribution >= 0.6 is 11.3 Å². The molecule has 0 aliphatic carbocycles. The number of hydrogen-bond donors (Lipinski definition) is 1. The molecule has 2 aromatic rings. The van der Waals surface area contributed by atoms with Gasteiger partial charge in [0.15, 0.2) is 0 Å². The molecule has 7 heteroatoms. The molecule has 0 aliphatic rings. The van der Waals surface area contributed by atoms with E-state index in [1.165, 1.54) is 14.2 Å². The first-order valence-electron chi connectivity index (χ1n) is 7.00. The Morgan fingerprint density at radius 2 is 2.00 bits per heavy atom. The Hall–Kier alpha value is -2.41. The molecule has 0 aliphatic heterocycles. The first-order valence-corrected chi connectivity index (χ1v) is 7.81. The number of hydrogen-bond acceptors (Lipinski definition) is 7. The molecule has 0 bridgehead atoms. The third-order valence-corrected chi connectivity index (χ3v) is 4.37. The van der Waals surface area contributed by atoms with Gasteiger partial charge in [0.1, 0.15) is 5.70 Å². The minimum absolute atomic E-state index is 0.00676. The van der Waals surface area contributed by atoms with E-state index in [0.29, 0.717) is 11.6 Å². The molecule has 6 nitrogen and oxygen atoms in total. The summed E-state index contributed by atoms with van der Waals surface area (Å²) < 4.78 is 10.2. The molecule has 0 amide bonds. The summed E-state index contributed by atoms with van der Waals surface area (Å²) in [6, 6.07) is 5.54. The molecule has 1 N–H and O–H groups in total. The monoisotopic (exact) mass is 334 g/mol. The molecular weight excluding hydrogens is 316 g/mol. The van der Waals surface area contributed by atoms with E-state index >= 15 is 0 Å². The van der Waals surface area contributed by atoms with Crippen LogP contribution in [0.4, 0.5) is 5.69 Å². The van der Waals surface area contributed by atoms with Gasteiger partial charge in [0.05, 0.1) is 35.5 Å². The van der Waals surface area contributed by atoms with E-state index in [2.05, 4.69) is 33.6 Å². The molecule has 1 heterocycles. The molecule has 1 aromatic carbocycles. The van der Waals surface area contributed by atoms with Crippen LogP contribution in [0.25, 0.3) is 10.2 Å². The van der Waals surface area contributed by atoms with Crippen LogP contribution in [-0.4, -0.2) is 31.1 Å². The van der Waals surface area contributed by atoms with Gasteiger partial charge in [-0.2, -0.15) is 0 Å². The van der Waals surface area contributed by atoms with Crippen molar-refractivity contribution in [1.29, 1.82) is 0 Å². The maximum Gasteiger partial charge on any atom is 0.354 e. The topological polar surface area (TPSA) is 77.5 Å². The number of benzene rings is 1. The van der Waals surface area contributed by atoms with Crippen molar-refractivity contribution in [3.05, 3.63) is 35.0 Å². The van der Waals surface area contributed by atoms with Crippen LogP contribution in [0.1, 0.15) is 24.8 Å². The number of methoxy groups -OCH3 is 2. The quantitative estimate of drug-likeness (QED) is 0.669. The molecule has 0 unspecified atom stereocenters. The first-order chi connectivity index (χ1) is 10.9. The first kappa shape index (κ1) is 17.0. The van der Waals surface area contributed by atoms with Gasteiger partial charge < -0.3 is 14.8 Å². The summed E-state index contributed by atoms with van der Waals surface area (Å²) in [7, 11) is 2.49. The van der Waals surface area contributed by atoms with Gasteiger partial charge >= 0.3 is 11.9 Å². The van der Waals surface area contributed by atoms with E-state index in [-0.39, 0.29) is 5.70 Å². The van der Waals surface area contributed by atoms with Gasteiger partial charge in [0, 0.05) is 11.6 Å². The second-order valence-electron chi connectivity index (χ2n) is 5.09. The predicted octanol–water partition coefficient (Wildman–Crippen LogP) is 3.06. The van der Waals surface area contributed by atoms with Crippen molar-refractivity contribution in [3.63, 3.8) is 0 Å². The van der Waals surface area contributed by atoms with Gasteiger partial charge in [0.2, 0.25) is 0 Å². The van der Waals surface area contributed by atoms with Gasteiger partial charge in [-0.25, -0.2) is 14.6 Å². The van der Waals surface area contributed by atoms with Gasteiger partial charge in [-0.05, 0) is 18.2 Å². The van der Waals surface area contributed by atoms with Crippen LogP contribution in [0, 0.1) is 0 Å². The second kappa shape index (κ2) is 7.23. The number of thiazole rings is 1. The van der Waals surface area contributed by atoms with Crippen molar-refractivity contribution in [2.45, 2.75) is 19.8 Å². The summed E-state index contributed by atoms with van der Waals surface area (Å²) in [4.78, 5) is 27.7. The zero-order chi connectivity index (χ0) is 17.0. The van der Waals surface area contributed by atoms with E-state index in [9.17, 15) is 9.59 Å².